The molecule has 0 aromatic heterocycles. The van der Waals surface area contributed by atoms with Crippen LogP contribution in [-0.2, 0) is 4.79 Å². The van der Waals surface area contributed by atoms with Gasteiger partial charge in [-0.05, 0) is 6.92 Å². The van der Waals surface area contributed by atoms with E-state index >= 15 is 0 Å². The van der Waals surface area contributed by atoms with Crippen molar-refractivity contribution >= 4 is 12.2 Å². The molecule has 0 aromatic carbocycles. The Labute approximate surface area is 74.5 Å². The van der Waals surface area contributed by atoms with Gasteiger partial charge in [0, 0.05) is 19.0 Å². The smallest absolute Gasteiger partial charge is 0.233 e. The number of carbonyl (C=O) groups is 1. The number of hydrogen-bond acceptors (Lipinski definition) is 2. The lowest BCUT2D eigenvalue weighted by atomic mass is 9.95. The van der Waals surface area contributed by atoms with E-state index in [4.69, 9.17) is 0 Å². The van der Waals surface area contributed by atoms with Gasteiger partial charge in [-0.15, -0.1) is 0 Å². The third-order valence-corrected chi connectivity index (χ3v) is 1.50. The predicted octanol–water partition coefficient (Wildman–Crippen LogP) is 1.54. The molecule has 12 heavy (non-hydrogen) atoms. The number of rotatable bonds is 2. The summed E-state index contributed by atoms with van der Waals surface area (Å²) in [5.41, 5.74) is -0.322. The Bertz CT molecular complexity index is 179. The van der Waals surface area contributed by atoms with Crippen LogP contribution in [0.5, 0.6) is 0 Å². The summed E-state index contributed by atoms with van der Waals surface area (Å²) in [6, 6.07) is 0. The highest BCUT2D eigenvalue weighted by Crippen LogP contribution is 2.16. The molecule has 0 N–H and O–H groups in total. The van der Waals surface area contributed by atoms with E-state index < -0.39 is 0 Å². The number of amides is 1. The van der Waals surface area contributed by atoms with Gasteiger partial charge in [-0.1, -0.05) is 20.8 Å². The molecule has 70 valence electrons. The molecule has 3 nitrogen and oxygen atoms in total. The van der Waals surface area contributed by atoms with Gasteiger partial charge in [0.2, 0.25) is 5.91 Å². The maximum absolute atomic E-state index is 11.6. The normalized spacial score (nSPS) is 12.1. The largest absolute Gasteiger partial charge is 0.303 e. The van der Waals surface area contributed by atoms with Crippen LogP contribution in [0.1, 0.15) is 27.7 Å². The second kappa shape index (κ2) is 4.24. The van der Waals surface area contributed by atoms with Gasteiger partial charge in [0.15, 0.2) is 0 Å². The Balaban J connectivity index is 4.43. The zero-order chi connectivity index (χ0) is 9.78. The molecule has 0 aliphatic rings. The SMILES string of the molecule is CCN(/C=N/C)C(=O)C(C)(C)C. The van der Waals surface area contributed by atoms with E-state index in [2.05, 4.69) is 4.99 Å². The van der Waals surface area contributed by atoms with Gasteiger partial charge in [0.25, 0.3) is 0 Å². The van der Waals surface area contributed by atoms with Crippen molar-refractivity contribution in [2.24, 2.45) is 10.4 Å². The van der Waals surface area contributed by atoms with Crippen molar-refractivity contribution in [3.8, 4) is 0 Å². The number of aliphatic imine (C=N–C) groups is 1. The monoisotopic (exact) mass is 170 g/mol. The quantitative estimate of drug-likeness (QED) is 0.457. The van der Waals surface area contributed by atoms with Crippen LogP contribution in [0.15, 0.2) is 4.99 Å². The maximum atomic E-state index is 11.6. The first kappa shape index (κ1) is 11.1. The number of carbonyl (C=O) groups excluding carboxylic acids is 1. The highest BCUT2D eigenvalue weighted by atomic mass is 16.2. The molecular formula is C9H18N2O. The van der Waals surface area contributed by atoms with Gasteiger partial charge >= 0.3 is 0 Å². The lowest BCUT2D eigenvalue weighted by Gasteiger charge is -2.24. The van der Waals surface area contributed by atoms with Crippen molar-refractivity contribution < 1.29 is 4.79 Å². The second-order valence-electron chi connectivity index (χ2n) is 3.71. The summed E-state index contributed by atoms with van der Waals surface area (Å²) in [4.78, 5) is 17.1. The van der Waals surface area contributed by atoms with Gasteiger partial charge in [-0.25, -0.2) is 0 Å². The molecule has 1 amide bonds. The highest BCUT2D eigenvalue weighted by Gasteiger charge is 2.25. The molecule has 0 aliphatic heterocycles. The van der Waals surface area contributed by atoms with Crippen molar-refractivity contribution in [2.45, 2.75) is 27.7 Å². The minimum absolute atomic E-state index is 0.107. The van der Waals surface area contributed by atoms with Crippen LogP contribution in [0.3, 0.4) is 0 Å². The zero-order valence-electron chi connectivity index (χ0n) is 8.59. The van der Waals surface area contributed by atoms with Crippen molar-refractivity contribution in [1.29, 1.82) is 0 Å². The summed E-state index contributed by atoms with van der Waals surface area (Å²) in [7, 11) is 1.67. The first-order chi connectivity index (χ1) is 5.43. The molecule has 0 heterocycles. The van der Waals surface area contributed by atoms with Crippen LogP contribution in [0.2, 0.25) is 0 Å². The summed E-state index contributed by atoms with van der Waals surface area (Å²) < 4.78 is 0. The van der Waals surface area contributed by atoms with Crippen LogP contribution in [0.4, 0.5) is 0 Å². The minimum atomic E-state index is -0.322. The Kier molecular flexibility index (Phi) is 3.93. The molecule has 0 unspecified atom stereocenters. The van der Waals surface area contributed by atoms with Crippen LogP contribution in [-0.4, -0.2) is 30.7 Å². The number of hydrogen-bond donors (Lipinski definition) is 0. The Morgan fingerprint density at radius 1 is 1.50 bits per heavy atom. The van der Waals surface area contributed by atoms with Gasteiger partial charge in [0.05, 0.1) is 6.34 Å². The fourth-order valence-electron chi connectivity index (χ4n) is 0.848. The van der Waals surface area contributed by atoms with E-state index in [9.17, 15) is 4.79 Å². The molecule has 3 heteroatoms. The van der Waals surface area contributed by atoms with Crippen molar-refractivity contribution in [3.05, 3.63) is 0 Å². The topological polar surface area (TPSA) is 32.7 Å². The van der Waals surface area contributed by atoms with Crippen LogP contribution in [0.25, 0.3) is 0 Å². The molecule has 0 atom stereocenters. The molecule has 0 rings (SSSR count). The average molecular weight is 170 g/mol. The zero-order valence-corrected chi connectivity index (χ0v) is 8.59. The molecule has 0 spiro atoms. The van der Waals surface area contributed by atoms with E-state index in [1.807, 2.05) is 27.7 Å². The lowest BCUT2D eigenvalue weighted by molar-refractivity contribution is -0.134. The summed E-state index contributed by atoms with van der Waals surface area (Å²) in [5.74, 6) is 0.107. The molecule has 0 bridgehead atoms. The van der Waals surface area contributed by atoms with Gasteiger partial charge in [-0.3, -0.25) is 9.79 Å². The fourth-order valence-corrected chi connectivity index (χ4v) is 0.848. The molecule has 0 radical (unpaired) electrons. The standard InChI is InChI=1S/C9H18N2O/c1-6-11(7-10-5)8(12)9(2,3)4/h7H,6H2,1-5H3/b10-7+. The second-order valence-corrected chi connectivity index (χ2v) is 3.71. The summed E-state index contributed by atoms with van der Waals surface area (Å²) >= 11 is 0. The predicted molar refractivity (Wildman–Crippen MR) is 51.3 cm³/mol. The molecular weight excluding hydrogens is 152 g/mol. The van der Waals surface area contributed by atoms with Crippen LogP contribution in [0, 0.1) is 5.41 Å². The Hall–Kier alpha value is -0.860. The van der Waals surface area contributed by atoms with Crippen LogP contribution < -0.4 is 0 Å². The first-order valence-electron chi connectivity index (χ1n) is 4.16. The summed E-state index contributed by atoms with van der Waals surface area (Å²) in [6.07, 6.45) is 1.58. The van der Waals surface area contributed by atoms with E-state index in [0.717, 1.165) is 0 Å². The molecule has 0 saturated carbocycles. The lowest BCUT2D eigenvalue weighted by Crippen LogP contribution is -2.38. The molecule has 0 aliphatic carbocycles. The van der Waals surface area contributed by atoms with Crippen molar-refractivity contribution in [3.63, 3.8) is 0 Å². The van der Waals surface area contributed by atoms with Gasteiger partial charge in [-0.2, -0.15) is 0 Å². The molecule has 0 fully saturated rings. The third-order valence-electron chi connectivity index (χ3n) is 1.50. The number of nitrogens with zero attached hydrogens (tertiary/aromatic N) is 2. The molecule has 0 aromatic rings. The van der Waals surface area contributed by atoms with Crippen molar-refractivity contribution in [1.82, 2.24) is 4.90 Å². The Morgan fingerprint density at radius 3 is 2.25 bits per heavy atom. The average Bonchev–Trinajstić information content (AvgIpc) is 1.97. The van der Waals surface area contributed by atoms with E-state index in [1.54, 1.807) is 18.3 Å². The van der Waals surface area contributed by atoms with E-state index in [-0.39, 0.29) is 11.3 Å². The highest BCUT2D eigenvalue weighted by molar-refractivity contribution is 5.91. The van der Waals surface area contributed by atoms with E-state index in [0.29, 0.717) is 6.54 Å². The van der Waals surface area contributed by atoms with Crippen molar-refractivity contribution in [2.75, 3.05) is 13.6 Å². The molecule has 0 saturated heterocycles. The van der Waals surface area contributed by atoms with Gasteiger partial charge < -0.3 is 4.90 Å². The maximum Gasteiger partial charge on any atom is 0.233 e. The van der Waals surface area contributed by atoms with E-state index in [1.165, 1.54) is 0 Å². The summed E-state index contributed by atoms with van der Waals surface area (Å²) in [6.45, 7) is 8.32. The Morgan fingerprint density at radius 2 is 2.00 bits per heavy atom. The van der Waals surface area contributed by atoms with Crippen LogP contribution >= 0.6 is 0 Å². The fraction of sp³-hybridized carbons (Fsp3) is 0.778. The third kappa shape index (κ3) is 3.03. The first-order valence-corrected chi connectivity index (χ1v) is 4.16. The van der Waals surface area contributed by atoms with Gasteiger partial charge in [0.1, 0.15) is 0 Å². The minimum Gasteiger partial charge on any atom is -0.303 e. The summed E-state index contributed by atoms with van der Waals surface area (Å²) in [5, 5.41) is 0.